The van der Waals surface area contributed by atoms with E-state index >= 15 is 0 Å². The van der Waals surface area contributed by atoms with Gasteiger partial charge in [-0.1, -0.05) is 59.1 Å². The van der Waals surface area contributed by atoms with Gasteiger partial charge in [-0.25, -0.2) is 18.7 Å². The van der Waals surface area contributed by atoms with Crippen molar-refractivity contribution in [2.75, 3.05) is 20.3 Å². The Balaban J connectivity index is 1.48. The molecule has 2 heterocycles. The molecule has 2 aliphatic carbocycles. The van der Waals surface area contributed by atoms with Crippen molar-refractivity contribution in [3.8, 4) is 17.4 Å². The maximum absolute atomic E-state index is 14.7. The fraction of sp³-hybridized carbons (Fsp3) is 0.675. The van der Waals surface area contributed by atoms with E-state index in [9.17, 15) is 27.6 Å². The van der Waals surface area contributed by atoms with Gasteiger partial charge in [-0.15, -0.1) is 0 Å². The Bertz CT molecular complexity index is 2010. The van der Waals surface area contributed by atoms with Gasteiger partial charge < -0.3 is 34.5 Å². The van der Waals surface area contributed by atoms with Gasteiger partial charge in [-0.3, -0.25) is 14.4 Å². The molecule has 58 heavy (non-hydrogen) atoms. The highest BCUT2D eigenvalue weighted by Crippen LogP contribution is 2.48. The third-order valence-corrected chi connectivity index (χ3v) is 12.0. The summed E-state index contributed by atoms with van der Waals surface area (Å²) in [5.41, 5.74) is -3.76. The largest absolute Gasteiger partial charge is 0.495 e. The Morgan fingerprint density at radius 2 is 1.74 bits per heavy atom. The molecule has 3 fully saturated rings. The number of halogens is 1. The van der Waals surface area contributed by atoms with E-state index in [-0.39, 0.29) is 36.2 Å². The number of methoxy groups -OCH3 is 1. The van der Waals surface area contributed by atoms with Gasteiger partial charge in [0.1, 0.15) is 51.4 Å². The van der Waals surface area contributed by atoms with Gasteiger partial charge in [0, 0.05) is 17.9 Å². The zero-order valence-electron chi connectivity index (χ0n) is 35.1. The topological polar surface area (TPSA) is 201 Å². The molecule has 2 saturated carbocycles. The molecule has 1 aromatic carbocycles. The molecule has 0 spiro atoms. The maximum atomic E-state index is 14.7. The van der Waals surface area contributed by atoms with Crippen molar-refractivity contribution >= 4 is 56.6 Å². The van der Waals surface area contributed by atoms with Gasteiger partial charge in [-0.2, -0.15) is 8.42 Å². The molecule has 3 N–H and O–H groups in total. The molecule has 4 amide bonds. The van der Waals surface area contributed by atoms with Gasteiger partial charge in [0.2, 0.25) is 17.7 Å². The number of aromatic nitrogens is 1. The summed E-state index contributed by atoms with van der Waals surface area (Å²) in [6.07, 6.45) is 1.35. The van der Waals surface area contributed by atoms with Crippen LogP contribution in [0.5, 0.6) is 17.4 Å². The number of amides is 4. The summed E-state index contributed by atoms with van der Waals surface area (Å²) in [4.78, 5) is 62.0. The van der Waals surface area contributed by atoms with Gasteiger partial charge in [0.05, 0.1) is 25.9 Å². The van der Waals surface area contributed by atoms with E-state index < -0.39 is 74.5 Å². The minimum atomic E-state index is -4.50. The van der Waals surface area contributed by atoms with E-state index in [1.54, 1.807) is 66.7 Å². The van der Waals surface area contributed by atoms with Crippen molar-refractivity contribution in [3.05, 3.63) is 23.2 Å². The van der Waals surface area contributed by atoms with Crippen LogP contribution in [0.15, 0.2) is 18.2 Å². The zero-order chi connectivity index (χ0) is 43.0. The first-order valence-electron chi connectivity index (χ1n) is 19.9. The lowest BCUT2D eigenvalue weighted by molar-refractivity contribution is -0.143. The number of rotatable bonds is 16. The Hall–Kier alpha value is -4.09. The molecule has 5 atom stereocenters. The summed E-state index contributed by atoms with van der Waals surface area (Å²) >= 11 is 6.67. The number of alkyl carbamates (subject to hydrolysis) is 1. The van der Waals surface area contributed by atoms with Crippen LogP contribution in [0.1, 0.15) is 107 Å². The summed E-state index contributed by atoms with van der Waals surface area (Å²) in [6.45, 7) is 16.2. The minimum Gasteiger partial charge on any atom is -0.495 e. The first-order chi connectivity index (χ1) is 27.0. The SMILES string of the molecule is CCCC1(OS(=O)(=O)NC(=O)[C@@]2(NC(=O)[C@@H]3C[C@@H](Oc4cc(OCC)nc5c(Cl)c(OC)ccc45)CN3C(=O)[C@@H](NC(=O)OC(C)(C)C)C(C)(C)C)C[C@H]2CC)CC1. The van der Waals surface area contributed by atoms with E-state index in [0.29, 0.717) is 61.1 Å². The van der Waals surface area contributed by atoms with Crippen LogP contribution in [0.3, 0.4) is 0 Å². The van der Waals surface area contributed by atoms with Crippen LogP contribution in [0.2, 0.25) is 5.02 Å². The van der Waals surface area contributed by atoms with Crippen molar-refractivity contribution < 1.29 is 50.7 Å². The number of likely N-dealkylation sites (tertiary alicyclic amines) is 1. The van der Waals surface area contributed by atoms with Crippen LogP contribution in [0, 0.1) is 11.3 Å². The Morgan fingerprint density at radius 3 is 2.29 bits per heavy atom. The quantitative estimate of drug-likeness (QED) is 0.190. The molecule has 2 aromatic rings. The third kappa shape index (κ3) is 10.2. The number of hydrogen-bond donors (Lipinski definition) is 3. The van der Waals surface area contributed by atoms with Crippen LogP contribution in [-0.2, 0) is 33.6 Å². The number of nitrogens with one attached hydrogen (secondary N) is 3. The fourth-order valence-electron chi connectivity index (χ4n) is 7.50. The van der Waals surface area contributed by atoms with E-state index in [0.717, 1.165) is 0 Å². The van der Waals surface area contributed by atoms with E-state index in [4.69, 9.17) is 34.7 Å². The van der Waals surface area contributed by atoms with Crippen LogP contribution >= 0.6 is 11.6 Å². The fourth-order valence-corrected chi connectivity index (χ4v) is 8.95. The standard InChI is InChI=1S/C40H58ClN5O11S/c1-11-16-39(17-18-39)57-58(51,52)45-35(49)40(21-23(40)12-2)44-33(47)26-19-24(22-46(26)34(48)32(37(4,5)6)43-36(50)56-38(7,8)9)55-28-20-29(54-13-3)42-31-25(28)14-15-27(53-10)30(31)41/h14-15,20,23-24,26,32H,11-13,16-19,21-22H2,1-10H3,(H,43,50)(H,44,47)(H,45,49)/t23-,24-,26+,32-,40-/m1/s1. The Kier molecular flexibility index (Phi) is 13.1. The second-order valence-electron chi connectivity index (χ2n) is 17.5. The van der Waals surface area contributed by atoms with Crippen molar-refractivity contribution in [1.82, 2.24) is 25.2 Å². The molecule has 1 aliphatic heterocycles. The van der Waals surface area contributed by atoms with Crippen molar-refractivity contribution in [2.45, 2.75) is 142 Å². The molecule has 5 rings (SSSR count). The summed E-state index contributed by atoms with van der Waals surface area (Å²) in [7, 11) is -3.02. The highest BCUT2D eigenvalue weighted by molar-refractivity contribution is 7.85. The van der Waals surface area contributed by atoms with Crippen LogP contribution < -0.4 is 29.6 Å². The number of hydrogen-bond acceptors (Lipinski definition) is 12. The molecule has 16 nitrogen and oxygen atoms in total. The molecule has 0 radical (unpaired) electrons. The second kappa shape index (κ2) is 16.9. The molecule has 0 unspecified atom stereocenters. The number of fused-ring (bicyclic) bond motifs is 1. The van der Waals surface area contributed by atoms with Crippen LogP contribution in [0.25, 0.3) is 10.9 Å². The molecule has 322 valence electrons. The maximum Gasteiger partial charge on any atom is 0.408 e. The van der Waals surface area contributed by atoms with E-state index in [1.165, 1.54) is 12.0 Å². The average molecular weight is 852 g/mol. The van der Waals surface area contributed by atoms with Crippen LogP contribution in [0.4, 0.5) is 4.79 Å². The lowest BCUT2D eigenvalue weighted by atomic mass is 9.85. The second-order valence-corrected chi connectivity index (χ2v) is 19.1. The van der Waals surface area contributed by atoms with E-state index in [1.807, 2.05) is 13.8 Å². The number of pyridine rings is 1. The minimum absolute atomic E-state index is 0.0337. The highest BCUT2D eigenvalue weighted by Gasteiger charge is 2.62. The first kappa shape index (κ1) is 45.0. The monoisotopic (exact) mass is 851 g/mol. The summed E-state index contributed by atoms with van der Waals surface area (Å²) in [5.74, 6) is -1.65. The molecule has 0 bridgehead atoms. The predicted molar refractivity (Wildman–Crippen MR) is 216 cm³/mol. The van der Waals surface area contributed by atoms with Gasteiger partial charge in [0.15, 0.2) is 0 Å². The zero-order valence-corrected chi connectivity index (χ0v) is 36.6. The number of carbonyl (C=O) groups excluding carboxylic acids is 4. The summed E-state index contributed by atoms with van der Waals surface area (Å²) in [6, 6.07) is 2.63. The Labute approximate surface area is 346 Å². The lowest BCUT2D eigenvalue weighted by Gasteiger charge is -2.36. The average Bonchev–Trinajstić information content (AvgIpc) is 3.99. The van der Waals surface area contributed by atoms with Gasteiger partial charge in [0.25, 0.3) is 5.91 Å². The summed E-state index contributed by atoms with van der Waals surface area (Å²) in [5, 5.41) is 6.30. The molecule has 18 heteroatoms. The molecular weight excluding hydrogens is 794 g/mol. The lowest BCUT2D eigenvalue weighted by Crippen LogP contribution is -2.60. The number of carbonyl (C=O) groups is 4. The van der Waals surface area contributed by atoms with E-state index in [2.05, 4.69) is 20.3 Å². The number of nitrogens with zero attached hydrogens (tertiary/aromatic N) is 2. The molecule has 3 aliphatic rings. The number of ether oxygens (including phenoxy) is 4. The number of benzene rings is 1. The first-order valence-corrected chi connectivity index (χ1v) is 21.7. The highest BCUT2D eigenvalue weighted by atomic mass is 35.5. The molecule has 1 saturated heterocycles. The molecular formula is C40H58ClN5O11S. The predicted octanol–water partition coefficient (Wildman–Crippen LogP) is 5.58. The smallest absolute Gasteiger partial charge is 0.408 e. The van der Waals surface area contributed by atoms with Gasteiger partial charge in [-0.05, 0) is 76.8 Å². The van der Waals surface area contributed by atoms with Gasteiger partial charge >= 0.3 is 16.4 Å². The Morgan fingerprint density at radius 1 is 1.05 bits per heavy atom. The third-order valence-electron chi connectivity index (χ3n) is 10.6. The molecule has 1 aromatic heterocycles. The normalized spacial score (nSPS) is 23.1. The van der Waals surface area contributed by atoms with Crippen molar-refractivity contribution in [1.29, 1.82) is 0 Å². The van der Waals surface area contributed by atoms with Crippen LogP contribution in [-0.4, -0.2) is 97.3 Å². The van der Waals surface area contributed by atoms with Crippen molar-refractivity contribution in [2.24, 2.45) is 11.3 Å². The van der Waals surface area contributed by atoms with Crippen molar-refractivity contribution in [3.63, 3.8) is 0 Å². The summed E-state index contributed by atoms with van der Waals surface area (Å²) < 4.78 is 56.9.